The van der Waals surface area contributed by atoms with Crippen molar-refractivity contribution >= 4 is 51.5 Å². The summed E-state index contributed by atoms with van der Waals surface area (Å²) < 4.78 is 20.4. The standard InChI is InChI=1S/C90H76N8O8/c1-2-95(81-54-50-79(51-55-81)92-94-84-59-49-78(67-86(84)98(102)103)88(69-30-12-3-13-31-69,70-32-14-4-15-33-70)71-34-16-5-17-35-71)60-63-104-87(99)68-48-58-83(85(66-68)97(100)101)93-91-80-52-56-82(57-53-80)96(61-64-105-89(72-36-18-6-19-37-72,73-38-20-7-21-39-73)74-40-22-8-23-41-74)62-65-106-90(75-42-24-9-25-43-75,76-44-26-10-27-45-76)77-46-28-11-29-47-77/h3-59,66-67H,2,60-65H2,1H3. The third-order valence-electron chi connectivity index (χ3n) is 19.0. The lowest BCUT2D eigenvalue weighted by atomic mass is 9.65. The number of hydrogen-bond donors (Lipinski definition) is 0. The quantitative estimate of drug-likeness (QED) is 0.0133. The van der Waals surface area contributed by atoms with Crippen molar-refractivity contribution in [2.75, 3.05) is 55.8 Å². The lowest BCUT2D eigenvalue weighted by Crippen LogP contribution is -2.39. The highest BCUT2D eigenvalue weighted by Gasteiger charge is 2.42. The molecule has 0 bridgehead atoms. The highest BCUT2D eigenvalue weighted by molar-refractivity contribution is 5.91. The third-order valence-corrected chi connectivity index (χ3v) is 19.0. The number of anilines is 2. The highest BCUT2D eigenvalue weighted by Crippen LogP contribution is 2.48. The third kappa shape index (κ3) is 15.6. The minimum atomic E-state index is -0.965. The second kappa shape index (κ2) is 33.8. The fourth-order valence-corrected chi connectivity index (χ4v) is 13.9. The van der Waals surface area contributed by atoms with E-state index in [2.05, 4.69) is 98.2 Å². The lowest BCUT2D eigenvalue weighted by Gasteiger charge is -2.38. The first-order chi connectivity index (χ1) is 52.1. The van der Waals surface area contributed by atoms with Gasteiger partial charge in [0, 0.05) is 43.1 Å². The van der Waals surface area contributed by atoms with E-state index in [1.165, 1.54) is 12.1 Å². The SMILES string of the molecule is CCN(CCOC(=O)c1ccc(N=Nc2ccc(N(CCOC(c3ccccc3)(c3ccccc3)c3ccccc3)CCOC(c3ccccc3)(c3ccccc3)c3ccccc3)cc2)c([N+](=O)[O-])c1)c1ccc(N=Nc2ccc(C(c3ccccc3)(c3ccccc3)c3ccccc3)cc2[N+](=O)[O-])cc1. The molecule has 106 heavy (non-hydrogen) atoms. The molecule has 0 saturated heterocycles. The number of nitrogens with zero attached hydrogens (tertiary/aromatic N) is 8. The van der Waals surface area contributed by atoms with Crippen molar-refractivity contribution in [2.24, 2.45) is 20.5 Å². The molecule has 0 spiro atoms. The molecule has 0 aromatic heterocycles. The molecule has 0 fully saturated rings. The van der Waals surface area contributed by atoms with E-state index >= 15 is 0 Å². The molecule has 16 heteroatoms. The van der Waals surface area contributed by atoms with Crippen LogP contribution in [0.3, 0.4) is 0 Å². The predicted molar refractivity (Wildman–Crippen MR) is 416 cm³/mol. The Bertz CT molecular complexity index is 4670. The van der Waals surface area contributed by atoms with Crippen molar-refractivity contribution in [1.82, 2.24) is 0 Å². The molecule has 0 aliphatic carbocycles. The van der Waals surface area contributed by atoms with Crippen molar-refractivity contribution < 1.29 is 28.9 Å². The Hall–Kier alpha value is -13.2. The number of carbonyl (C=O) groups is 1. The van der Waals surface area contributed by atoms with Crippen molar-refractivity contribution in [3.05, 3.63) is 439 Å². The van der Waals surface area contributed by atoms with E-state index in [1.807, 2.05) is 242 Å². The smallest absolute Gasteiger partial charge is 0.338 e. The molecule has 0 amide bonds. The first-order valence-corrected chi connectivity index (χ1v) is 35.1. The van der Waals surface area contributed by atoms with E-state index in [1.54, 1.807) is 36.4 Å². The van der Waals surface area contributed by atoms with Gasteiger partial charge in [0.15, 0.2) is 11.4 Å². The van der Waals surface area contributed by atoms with Gasteiger partial charge in [0.05, 0.1) is 52.0 Å². The van der Waals surface area contributed by atoms with Crippen LogP contribution in [-0.4, -0.2) is 61.8 Å². The van der Waals surface area contributed by atoms with Crippen molar-refractivity contribution in [1.29, 1.82) is 0 Å². The number of likely N-dealkylation sites (N-methyl/N-ethyl adjacent to an activating group) is 1. The van der Waals surface area contributed by atoms with Crippen LogP contribution in [0.25, 0.3) is 0 Å². The Balaban J connectivity index is 0.692. The van der Waals surface area contributed by atoms with Crippen LogP contribution in [0.2, 0.25) is 0 Å². The van der Waals surface area contributed by atoms with Crippen LogP contribution in [-0.2, 0) is 30.8 Å². The fraction of sp³-hybridized carbons (Fsp3) is 0.122. The number of nitro groups is 2. The van der Waals surface area contributed by atoms with E-state index in [9.17, 15) is 25.0 Å². The van der Waals surface area contributed by atoms with Gasteiger partial charge in [-0.3, -0.25) is 20.2 Å². The monoisotopic (exact) mass is 1400 g/mol. The van der Waals surface area contributed by atoms with Crippen molar-refractivity contribution in [2.45, 2.75) is 23.5 Å². The average molecular weight is 1400 g/mol. The summed E-state index contributed by atoms with van der Waals surface area (Å²) in [7, 11) is 0. The molecule has 13 aromatic rings. The molecule has 13 aromatic carbocycles. The Kier molecular flexibility index (Phi) is 22.7. The first kappa shape index (κ1) is 71.3. The minimum Gasteiger partial charge on any atom is -0.460 e. The van der Waals surface area contributed by atoms with Crippen LogP contribution < -0.4 is 9.80 Å². The zero-order valence-electron chi connectivity index (χ0n) is 58.4. The zero-order valence-corrected chi connectivity index (χ0v) is 58.4. The summed E-state index contributed by atoms with van der Waals surface area (Å²) in [4.78, 5) is 42.3. The van der Waals surface area contributed by atoms with Gasteiger partial charge in [-0.1, -0.05) is 279 Å². The lowest BCUT2D eigenvalue weighted by molar-refractivity contribution is -0.384. The Morgan fingerprint density at radius 3 is 0.972 bits per heavy atom. The van der Waals surface area contributed by atoms with Gasteiger partial charge < -0.3 is 24.0 Å². The summed E-state index contributed by atoms with van der Waals surface area (Å²) in [6.07, 6.45) is 0. The number of benzene rings is 13. The summed E-state index contributed by atoms with van der Waals surface area (Å²) in [5.74, 6) is -0.751. The van der Waals surface area contributed by atoms with Gasteiger partial charge in [-0.25, -0.2) is 4.79 Å². The molecule has 0 N–H and O–H groups in total. The fourth-order valence-electron chi connectivity index (χ4n) is 13.9. The summed E-state index contributed by atoms with van der Waals surface area (Å²) in [6.45, 7) is 4.21. The maximum atomic E-state index is 13.6. The number of azo groups is 2. The minimum absolute atomic E-state index is 0.0271. The molecule has 0 saturated carbocycles. The molecule has 0 radical (unpaired) electrons. The second-order valence-electron chi connectivity index (χ2n) is 25.2. The van der Waals surface area contributed by atoms with Crippen LogP contribution in [0.5, 0.6) is 0 Å². The Labute approximate surface area is 616 Å². The topological polar surface area (TPSA) is 187 Å². The van der Waals surface area contributed by atoms with E-state index in [0.717, 1.165) is 67.5 Å². The van der Waals surface area contributed by atoms with Gasteiger partial charge in [0.2, 0.25) is 0 Å². The van der Waals surface area contributed by atoms with E-state index in [-0.39, 0.29) is 42.4 Å². The Morgan fingerprint density at radius 2 is 0.642 bits per heavy atom. The Morgan fingerprint density at radius 1 is 0.340 bits per heavy atom. The number of nitro benzene ring substituents is 2. The van der Waals surface area contributed by atoms with Crippen molar-refractivity contribution in [3.8, 4) is 0 Å². The molecular formula is C90H76N8O8. The van der Waals surface area contributed by atoms with Crippen LogP contribution in [0.1, 0.15) is 72.9 Å². The maximum absolute atomic E-state index is 13.6. The predicted octanol–water partition coefficient (Wildman–Crippen LogP) is 21.2. The van der Waals surface area contributed by atoms with Gasteiger partial charge >= 0.3 is 5.97 Å². The first-order valence-electron chi connectivity index (χ1n) is 35.1. The largest absolute Gasteiger partial charge is 0.460 e. The summed E-state index contributed by atoms with van der Waals surface area (Å²) in [5.41, 5.74) is 8.52. The molecule has 16 nitrogen and oxygen atoms in total. The molecule has 0 unspecified atom stereocenters. The molecule has 0 atom stereocenters. The van der Waals surface area contributed by atoms with E-state index < -0.39 is 38.1 Å². The van der Waals surface area contributed by atoms with Gasteiger partial charge in [-0.2, -0.15) is 10.2 Å². The summed E-state index contributed by atoms with van der Waals surface area (Å²) >= 11 is 0. The van der Waals surface area contributed by atoms with E-state index in [0.29, 0.717) is 43.1 Å². The summed E-state index contributed by atoms with van der Waals surface area (Å²) in [5, 5.41) is 43.2. The van der Waals surface area contributed by atoms with Crippen LogP contribution in [0.4, 0.5) is 45.5 Å². The number of rotatable bonds is 31. The van der Waals surface area contributed by atoms with Gasteiger partial charge in [0.1, 0.15) is 17.8 Å². The molecular weight excluding hydrogens is 1320 g/mol. The normalized spacial score (nSPS) is 11.7. The number of hydrogen-bond acceptors (Lipinski definition) is 14. The number of carbonyl (C=O) groups excluding carboxylic acids is 1. The second-order valence-corrected chi connectivity index (χ2v) is 25.2. The van der Waals surface area contributed by atoms with Crippen LogP contribution >= 0.6 is 0 Å². The number of esters is 1. The molecule has 13 rings (SSSR count). The van der Waals surface area contributed by atoms with Gasteiger partial charge in [-0.05, 0) is 129 Å². The zero-order chi connectivity index (χ0) is 73.0. The average Bonchev–Trinajstić information content (AvgIpc) is 0.737. The summed E-state index contributed by atoms with van der Waals surface area (Å²) in [6, 6.07) is 115. The van der Waals surface area contributed by atoms with Gasteiger partial charge in [0.25, 0.3) is 11.4 Å². The van der Waals surface area contributed by atoms with Crippen LogP contribution in [0.15, 0.2) is 378 Å². The van der Waals surface area contributed by atoms with Crippen LogP contribution in [0, 0.1) is 20.2 Å². The molecule has 524 valence electrons. The maximum Gasteiger partial charge on any atom is 0.338 e. The molecule has 0 heterocycles. The van der Waals surface area contributed by atoms with Gasteiger partial charge in [-0.15, -0.1) is 10.2 Å². The molecule has 0 aliphatic heterocycles. The van der Waals surface area contributed by atoms with E-state index in [4.69, 9.17) is 14.2 Å². The van der Waals surface area contributed by atoms with Crippen molar-refractivity contribution in [3.63, 3.8) is 0 Å². The molecule has 0 aliphatic rings. The number of ether oxygens (including phenoxy) is 3. The highest BCUT2D eigenvalue weighted by atomic mass is 16.6.